The second kappa shape index (κ2) is 3.63. The molecule has 0 aromatic carbocycles. The van der Waals surface area contributed by atoms with Crippen molar-refractivity contribution in [3.8, 4) is 6.07 Å². The molecule has 1 aromatic rings. The normalized spacial score (nSPS) is 23.5. The maximum absolute atomic E-state index is 11.3. The zero-order chi connectivity index (χ0) is 10.9. The summed E-state index contributed by atoms with van der Waals surface area (Å²) in [4.78, 5) is 3.93. The predicted octanol–water partition coefficient (Wildman–Crippen LogP) is 0.855. The molecule has 0 spiro atoms. The zero-order valence-corrected chi connectivity index (χ0v) is 8.87. The molecule has 1 unspecified atom stereocenters. The fraction of sp³-hybridized carbons (Fsp3) is 0.400. The number of hydrogen-bond acceptors (Lipinski definition) is 4. The summed E-state index contributed by atoms with van der Waals surface area (Å²) in [7, 11) is -2.87. The summed E-state index contributed by atoms with van der Waals surface area (Å²) in [6, 6.07) is 3.72. The fourth-order valence-electron chi connectivity index (χ4n) is 1.80. The Bertz CT molecular complexity index is 516. The highest BCUT2D eigenvalue weighted by atomic mass is 32.2. The summed E-state index contributed by atoms with van der Waals surface area (Å²) < 4.78 is 22.6. The number of nitrogens with zero attached hydrogens (tertiary/aromatic N) is 2. The highest BCUT2D eigenvalue weighted by molar-refractivity contribution is 7.91. The molecule has 1 aliphatic rings. The van der Waals surface area contributed by atoms with Crippen molar-refractivity contribution in [3.63, 3.8) is 0 Å². The topological polar surface area (TPSA) is 70.8 Å². The van der Waals surface area contributed by atoms with E-state index >= 15 is 0 Å². The van der Waals surface area contributed by atoms with Crippen molar-refractivity contribution < 1.29 is 8.42 Å². The first-order chi connectivity index (χ1) is 7.11. The van der Waals surface area contributed by atoms with E-state index in [2.05, 4.69) is 4.98 Å². The molecule has 5 heteroatoms. The minimum atomic E-state index is -2.87. The Morgan fingerprint density at radius 2 is 2.27 bits per heavy atom. The maximum Gasteiger partial charge on any atom is 0.150 e. The largest absolute Gasteiger partial charge is 0.263 e. The summed E-state index contributed by atoms with van der Waals surface area (Å²) in [5.74, 6) is 0.439. The second-order valence-corrected chi connectivity index (χ2v) is 5.95. The lowest BCUT2D eigenvalue weighted by atomic mass is 10.00. The van der Waals surface area contributed by atoms with Crippen molar-refractivity contribution in [2.75, 3.05) is 11.5 Å². The van der Waals surface area contributed by atoms with E-state index < -0.39 is 9.84 Å². The third kappa shape index (κ3) is 2.16. The molecular weight excluding hydrogens is 212 g/mol. The van der Waals surface area contributed by atoms with Crippen LogP contribution in [-0.4, -0.2) is 24.9 Å². The van der Waals surface area contributed by atoms with Gasteiger partial charge in [-0.25, -0.2) is 8.42 Å². The molecule has 0 aliphatic carbocycles. The van der Waals surface area contributed by atoms with Crippen LogP contribution in [0.25, 0.3) is 0 Å². The summed E-state index contributed by atoms with van der Waals surface area (Å²) in [6.45, 7) is 0. The minimum Gasteiger partial charge on any atom is -0.263 e. The lowest BCUT2D eigenvalue weighted by molar-refractivity contribution is 0.601. The molecule has 1 saturated heterocycles. The Hall–Kier alpha value is -1.41. The van der Waals surface area contributed by atoms with Gasteiger partial charge in [-0.3, -0.25) is 4.98 Å². The fourth-order valence-corrected chi connectivity index (χ4v) is 3.58. The molecule has 2 heterocycles. The summed E-state index contributed by atoms with van der Waals surface area (Å²) >= 11 is 0. The predicted molar refractivity (Wildman–Crippen MR) is 55.0 cm³/mol. The van der Waals surface area contributed by atoms with Gasteiger partial charge in [-0.2, -0.15) is 5.26 Å². The van der Waals surface area contributed by atoms with E-state index in [0.717, 1.165) is 5.56 Å². The van der Waals surface area contributed by atoms with Crippen LogP contribution in [0.4, 0.5) is 0 Å². The lowest BCUT2D eigenvalue weighted by Crippen LogP contribution is -2.04. The molecule has 1 fully saturated rings. The molecule has 4 nitrogen and oxygen atoms in total. The van der Waals surface area contributed by atoms with Crippen LogP contribution < -0.4 is 0 Å². The van der Waals surface area contributed by atoms with Crippen LogP contribution >= 0.6 is 0 Å². The molecule has 0 amide bonds. The molecule has 0 N–H and O–H groups in total. The molecule has 1 atom stereocenters. The Kier molecular flexibility index (Phi) is 2.45. The quantitative estimate of drug-likeness (QED) is 0.706. The molecule has 15 heavy (non-hydrogen) atoms. The third-order valence-corrected chi connectivity index (χ3v) is 4.36. The molecular formula is C10H10N2O2S. The van der Waals surface area contributed by atoms with Crippen molar-refractivity contribution in [1.29, 1.82) is 5.26 Å². The number of rotatable bonds is 1. The van der Waals surface area contributed by atoms with E-state index in [4.69, 9.17) is 5.26 Å². The van der Waals surface area contributed by atoms with Gasteiger partial charge in [0.25, 0.3) is 0 Å². The first kappa shape index (κ1) is 10.1. The van der Waals surface area contributed by atoms with Crippen molar-refractivity contribution in [1.82, 2.24) is 4.98 Å². The van der Waals surface area contributed by atoms with Crippen LogP contribution in [-0.2, 0) is 9.84 Å². The van der Waals surface area contributed by atoms with Crippen LogP contribution in [0.2, 0.25) is 0 Å². The monoisotopic (exact) mass is 222 g/mol. The number of aromatic nitrogens is 1. The van der Waals surface area contributed by atoms with Gasteiger partial charge in [0.05, 0.1) is 17.1 Å². The Morgan fingerprint density at radius 3 is 2.87 bits per heavy atom. The Balaban J connectivity index is 2.29. The van der Waals surface area contributed by atoms with Gasteiger partial charge in [-0.15, -0.1) is 0 Å². The molecule has 78 valence electrons. The molecule has 0 saturated carbocycles. The molecule has 2 rings (SSSR count). The molecule has 0 bridgehead atoms. The van der Waals surface area contributed by atoms with E-state index in [9.17, 15) is 8.42 Å². The Labute approximate surface area is 88.5 Å². The van der Waals surface area contributed by atoms with E-state index in [1.165, 1.54) is 6.20 Å². The first-order valence-electron chi connectivity index (χ1n) is 4.66. The molecule has 0 radical (unpaired) electrons. The van der Waals surface area contributed by atoms with Crippen LogP contribution in [0.3, 0.4) is 0 Å². The van der Waals surface area contributed by atoms with Crippen molar-refractivity contribution in [2.45, 2.75) is 12.3 Å². The SMILES string of the molecule is N#Cc1cncc(C2CCS(=O)(=O)C2)c1. The smallest absolute Gasteiger partial charge is 0.150 e. The molecule has 1 aromatic heterocycles. The number of hydrogen-bond donors (Lipinski definition) is 0. The van der Waals surface area contributed by atoms with E-state index in [-0.39, 0.29) is 17.4 Å². The third-order valence-electron chi connectivity index (χ3n) is 2.59. The van der Waals surface area contributed by atoms with Gasteiger partial charge < -0.3 is 0 Å². The number of nitriles is 1. The van der Waals surface area contributed by atoms with Gasteiger partial charge >= 0.3 is 0 Å². The highest BCUT2D eigenvalue weighted by Crippen LogP contribution is 2.28. The Morgan fingerprint density at radius 1 is 1.47 bits per heavy atom. The van der Waals surface area contributed by atoms with Crippen LogP contribution in [0.1, 0.15) is 23.5 Å². The number of pyridine rings is 1. The van der Waals surface area contributed by atoms with Crippen LogP contribution in [0, 0.1) is 11.3 Å². The van der Waals surface area contributed by atoms with Gasteiger partial charge in [-0.1, -0.05) is 0 Å². The van der Waals surface area contributed by atoms with Crippen molar-refractivity contribution >= 4 is 9.84 Å². The maximum atomic E-state index is 11.3. The summed E-state index contributed by atoms with van der Waals surface area (Å²) in [5, 5.41) is 8.70. The van der Waals surface area contributed by atoms with Crippen LogP contribution in [0.15, 0.2) is 18.5 Å². The average Bonchev–Trinajstić information content (AvgIpc) is 2.59. The number of sulfone groups is 1. The van der Waals surface area contributed by atoms with E-state index in [1.54, 1.807) is 12.3 Å². The standard InChI is InChI=1S/C10H10N2O2S/c11-4-8-3-10(6-12-5-8)9-1-2-15(13,14)7-9/h3,5-6,9H,1-2,7H2. The van der Waals surface area contributed by atoms with Crippen molar-refractivity contribution in [3.05, 3.63) is 29.6 Å². The second-order valence-electron chi connectivity index (χ2n) is 3.72. The van der Waals surface area contributed by atoms with Gasteiger partial charge in [0.2, 0.25) is 0 Å². The highest BCUT2D eigenvalue weighted by Gasteiger charge is 2.29. The van der Waals surface area contributed by atoms with E-state index in [0.29, 0.717) is 12.0 Å². The van der Waals surface area contributed by atoms with E-state index in [1.807, 2.05) is 6.07 Å². The van der Waals surface area contributed by atoms with Crippen LogP contribution in [0.5, 0.6) is 0 Å². The zero-order valence-electron chi connectivity index (χ0n) is 8.05. The summed E-state index contributed by atoms with van der Waals surface area (Å²) in [5.41, 5.74) is 1.34. The summed E-state index contributed by atoms with van der Waals surface area (Å²) in [6.07, 6.45) is 3.76. The van der Waals surface area contributed by atoms with Gasteiger partial charge in [0, 0.05) is 18.3 Å². The average molecular weight is 222 g/mol. The van der Waals surface area contributed by atoms with Gasteiger partial charge in [0.1, 0.15) is 6.07 Å². The van der Waals surface area contributed by atoms with Gasteiger partial charge in [0.15, 0.2) is 9.84 Å². The van der Waals surface area contributed by atoms with Crippen molar-refractivity contribution in [2.24, 2.45) is 0 Å². The minimum absolute atomic E-state index is 0.01000. The molecule has 1 aliphatic heterocycles. The van der Waals surface area contributed by atoms with Gasteiger partial charge in [-0.05, 0) is 18.1 Å². The lowest BCUT2D eigenvalue weighted by Gasteiger charge is -2.06. The first-order valence-corrected chi connectivity index (χ1v) is 6.48.